The molecule has 138 valence electrons. The Balaban J connectivity index is 1.47. The lowest BCUT2D eigenvalue weighted by Crippen LogP contribution is -2.39. The molecule has 2 N–H and O–H groups in total. The molecule has 0 bridgehead atoms. The molecule has 2 aliphatic rings. The number of fused-ring (bicyclic) bond motifs is 1. The van der Waals surface area contributed by atoms with Crippen LogP contribution in [0.4, 0.5) is 5.69 Å². The van der Waals surface area contributed by atoms with Crippen LogP contribution in [0.15, 0.2) is 24.3 Å². The maximum atomic E-state index is 12.6. The van der Waals surface area contributed by atoms with Gasteiger partial charge in [-0.05, 0) is 49.8 Å². The number of ether oxygens (including phenoxy) is 2. The van der Waals surface area contributed by atoms with E-state index in [9.17, 15) is 4.79 Å². The zero-order valence-electron chi connectivity index (χ0n) is 15.1. The minimum atomic E-state index is -0.0563. The molecule has 1 aliphatic carbocycles. The summed E-state index contributed by atoms with van der Waals surface area (Å²) in [6, 6.07) is 8.37. The van der Waals surface area contributed by atoms with E-state index in [-0.39, 0.29) is 11.9 Å². The predicted molar refractivity (Wildman–Crippen MR) is 98.5 cm³/mol. The van der Waals surface area contributed by atoms with Crippen LogP contribution >= 0.6 is 0 Å². The van der Waals surface area contributed by atoms with Gasteiger partial charge >= 0.3 is 0 Å². The SMILES string of the molecule is CCOCCOCc1cccc(NC(=O)[C@@H]2C[C@H]3CCCC[C@@H]3N2)c1. The lowest BCUT2D eigenvalue weighted by atomic mass is 9.85. The van der Waals surface area contributed by atoms with E-state index >= 15 is 0 Å². The summed E-state index contributed by atoms with van der Waals surface area (Å²) in [7, 11) is 0. The molecule has 1 saturated carbocycles. The van der Waals surface area contributed by atoms with E-state index in [0.717, 1.165) is 17.7 Å². The summed E-state index contributed by atoms with van der Waals surface area (Å²) in [5, 5.41) is 6.59. The van der Waals surface area contributed by atoms with E-state index in [4.69, 9.17) is 9.47 Å². The third-order valence-electron chi connectivity index (χ3n) is 5.22. The summed E-state index contributed by atoms with van der Waals surface area (Å²) >= 11 is 0. The molecule has 0 spiro atoms. The second kappa shape index (κ2) is 9.32. The molecule has 1 aromatic rings. The van der Waals surface area contributed by atoms with Gasteiger partial charge in [0.2, 0.25) is 5.91 Å². The normalized spacial score (nSPS) is 25.6. The molecule has 5 heteroatoms. The van der Waals surface area contributed by atoms with Gasteiger partial charge in [-0.2, -0.15) is 0 Å². The van der Waals surface area contributed by atoms with Crippen molar-refractivity contribution >= 4 is 11.6 Å². The van der Waals surface area contributed by atoms with Crippen molar-refractivity contribution in [1.29, 1.82) is 0 Å². The maximum absolute atomic E-state index is 12.6. The van der Waals surface area contributed by atoms with E-state index in [1.807, 2.05) is 31.2 Å². The molecule has 25 heavy (non-hydrogen) atoms. The van der Waals surface area contributed by atoms with Crippen LogP contribution in [0, 0.1) is 5.92 Å². The smallest absolute Gasteiger partial charge is 0.241 e. The van der Waals surface area contributed by atoms with Crippen molar-refractivity contribution in [3.63, 3.8) is 0 Å². The number of nitrogens with one attached hydrogen (secondary N) is 2. The van der Waals surface area contributed by atoms with Gasteiger partial charge in [0, 0.05) is 18.3 Å². The largest absolute Gasteiger partial charge is 0.379 e. The summed E-state index contributed by atoms with van der Waals surface area (Å²) in [5.74, 6) is 0.762. The van der Waals surface area contributed by atoms with Crippen molar-refractivity contribution in [1.82, 2.24) is 5.32 Å². The van der Waals surface area contributed by atoms with Crippen LogP contribution < -0.4 is 10.6 Å². The maximum Gasteiger partial charge on any atom is 0.241 e. The second-order valence-electron chi connectivity index (χ2n) is 7.05. The van der Waals surface area contributed by atoms with E-state index in [1.54, 1.807) is 0 Å². The van der Waals surface area contributed by atoms with Crippen molar-refractivity contribution in [2.75, 3.05) is 25.1 Å². The van der Waals surface area contributed by atoms with Gasteiger partial charge in [0.05, 0.1) is 25.9 Å². The topological polar surface area (TPSA) is 59.6 Å². The molecule has 0 unspecified atom stereocenters. The summed E-state index contributed by atoms with van der Waals surface area (Å²) in [6.07, 6.45) is 6.03. The Kier molecular flexibility index (Phi) is 6.84. The quantitative estimate of drug-likeness (QED) is 0.710. The van der Waals surface area contributed by atoms with Gasteiger partial charge in [-0.1, -0.05) is 25.0 Å². The number of rotatable bonds is 8. The van der Waals surface area contributed by atoms with Crippen molar-refractivity contribution in [3.05, 3.63) is 29.8 Å². The molecule has 1 aliphatic heterocycles. The Morgan fingerprint density at radius 2 is 2.08 bits per heavy atom. The van der Waals surface area contributed by atoms with Crippen molar-refractivity contribution in [3.8, 4) is 0 Å². The van der Waals surface area contributed by atoms with Gasteiger partial charge < -0.3 is 20.1 Å². The fourth-order valence-corrected chi connectivity index (χ4v) is 3.94. The number of amides is 1. The number of benzene rings is 1. The van der Waals surface area contributed by atoms with Crippen LogP contribution in [0.5, 0.6) is 0 Å². The minimum absolute atomic E-state index is 0.0563. The molecular formula is C20H30N2O3. The number of carbonyl (C=O) groups is 1. The van der Waals surface area contributed by atoms with Crippen LogP contribution in [0.3, 0.4) is 0 Å². The van der Waals surface area contributed by atoms with Crippen molar-refractivity contribution in [2.24, 2.45) is 5.92 Å². The van der Waals surface area contributed by atoms with E-state index < -0.39 is 0 Å². The van der Waals surface area contributed by atoms with Gasteiger partial charge in [-0.3, -0.25) is 4.79 Å². The standard InChI is InChI=1S/C20H30N2O3/c1-2-24-10-11-25-14-15-6-5-8-17(12-15)21-20(23)19-13-16-7-3-4-9-18(16)22-19/h5-6,8,12,16,18-19,22H,2-4,7,9-11,13-14H2,1H3,(H,21,23)/t16-,18+,19+/m1/s1. The monoisotopic (exact) mass is 346 g/mol. The Hall–Kier alpha value is -1.43. The zero-order valence-corrected chi connectivity index (χ0v) is 15.1. The van der Waals surface area contributed by atoms with Gasteiger partial charge in [0.25, 0.3) is 0 Å². The summed E-state index contributed by atoms with van der Waals surface area (Å²) < 4.78 is 10.9. The number of carbonyl (C=O) groups excluding carboxylic acids is 1. The third-order valence-corrected chi connectivity index (χ3v) is 5.22. The molecule has 3 rings (SSSR count). The highest BCUT2D eigenvalue weighted by Crippen LogP contribution is 2.33. The Morgan fingerprint density at radius 1 is 1.24 bits per heavy atom. The first kappa shape index (κ1) is 18.4. The highest BCUT2D eigenvalue weighted by atomic mass is 16.5. The fourth-order valence-electron chi connectivity index (χ4n) is 3.94. The van der Waals surface area contributed by atoms with E-state index in [1.165, 1.54) is 25.7 Å². The van der Waals surface area contributed by atoms with Crippen LogP contribution in [-0.2, 0) is 20.9 Å². The van der Waals surface area contributed by atoms with E-state index in [0.29, 0.717) is 38.4 Å². The molecule has 1 heterocycles. The predicted octanol–water partition coefficient (Wildman–Crippen LogP) is 3.10. The van der Waals surface area contributed by atoms with E-state index in [2.05, 4.69) is 10.6 Å². The molecule has 0 radical (unpaired) electrons. The molecule has 1 saturated heterocycles. The molecule has 2 fully saturated rings. The first-order valence-electron chi connectivity index (χ1n) is 9.57. The van der Waals surface area contributed by atoms with Crippen LogP contribution in [-0.4, -0.2) is 37.8 Å². The van der Waals surface area contributed by atoms with Crippen LogP contribution in [0.25, 0.3) is 0 Å². The summed E-state index contributed by atoms with van der Waals surface area (Å²) in [6.45, 7) is 4.41. The highest BCUT2D eigenvalue weighted by Gasteiger charge is 2.38. The Labute approximate surface area is 150 Å². The first-order chi connectivity index (χ1) is 12.3. The molecular weight excluding hydrogens is 316 g/mol. The zero-order chi connectivity index (χ0) is 17.5. The van der Waals surface area contributed by atoms with Crippen LogP contribution in [0.1, 0.15) is 44.6 Å². The molecule has 0 aromatic heterocycles. The second-order valence-corrected chi connectivity index (χ2v) is 7.05. The van der Waals surface area contributed by atoms with Crippen molar-refractivity contribution < 1.29 is 14.3 Å². The average Bonchev–Trinajstić information content (AvgIpc) is 3.06. The van der Waals surface area contributed by atoms with Crippen LogP contribution in [0.2, 0.25) is 0 Å². The van der Waals surface area contributed by atoms with Gasteiger partial charge in [-0.25, -0.2) is 0 Å². The van der Waals surface area contributed by atoms with Crippen molar-refractivity contribution in [2.45, 2.75) is 57.7 Å². The fraction of sp³-hybridized carbons (Fsp3) is 0.650. The average molecular weight is 346 g/mol. The molecule has 5 nitrogen and oxygen atoms in total. The molecule has 1 aromatic carbocycles. The minimum Gasteiger partial charge on any atom is -0.379 e. The number of hydrogen-bond acceptors (Lipinski definition) is 4. The first-order valence-corrected chi connectivity index (χ1v) is 9.57. The Bertz CT molecular complexity index is 550. The van der Waals surface area contributed by atoms with Gasteiger partial charge in [0.1, 0.15) is 0 Å². The number of anilines is 1. The third kappa shape index (κ3) is 5.27. The summed E-state index contributed by atoms with van der Waals surface area (Å²) in [4.78, 5) is 12.6. The number of hydrogen-bond donors (Lipinski definition) is 2. The molecule has 1 amide bonds. The lowest BCUT2D eigenvalue weighted by molar-refractivity contribution is -0.117. The highest BCUT2D eigenvalue weighted by molar-refractivity contribution is 5.95. The summed E-state index contributed by atoms with van der Waals surface area (Å²) in [5.41, 5.74) is 1.90. The van der Waals surface area contributed by atoms with Gasteiger partial charge in [0.15, 0.2) is 0 Å². The van der Waals surface area contributed by atoms with Gasteiger partial charge in [-0.15, -0.1) is 0 Å². The molecule has 3 atom stereocenters. The Morgan fingerprint density at radius 3 is 2.92 bits per heavy atom. The lowest BCUT2D eigenvalue weighted by Gasteiger charge is -2.24.